The highest BCUT2D eigenvalue weighted by molar-refractivity contribution is 7.22. The lowest BCUT2D eigenvalue weighted by molar-refractivity contribution is -0.141. The fraction of sp³-hybridized carbons (Fsp3) is 0.276. The Balaban J connectivity index is 1.43. The van der Waals surface area contributed by atoms with Crippen molar-refractivity contribution < 1.29 is 28.5 Å². The van der Waals surface area contributed by atoms with E-state index in [1.54, 1.807) is 37.7 Å². The molecule has 0 bridgehead atoms. The summed E-state index contributed by atoms with van der Waals surface area (Å²) in [6, 6.07) is 20.8. The molecule has 5 rings (SSSR count). The van der Waals surface area contributed by atoms with Crippen molar-refractivity contribution in [3.8, 4) is 27.7 Å². The summed E-state index contributed by atoms with van der Waals surface area (Å²) in [6.45, 7) is 4.65. The Hall–Kier alpha value is -3.39. The van der Waals surface area contributed by atoms with Crippen molar-refractivity contribution in [2.75, 3.05) is 27.4 Å². The molecule has 1 unspecified atom stereocenters. The number of ketones is 1. The van der Waals surface area contributed by atoms with E-state index in [0.29, 0.717) is 30.1 Å². The maximum absolute atomic E-state index is 13.8. The first-order valence-electron chi connectivity index (χ1n) is 11.7. The standard InChI is InChI=1S/C29H28O6S/c1-29(2)34-17-23(35-29)16-33-21-11-5-18(6-12-21)27(30)26-24-14-13-22(32-4)15-25(24)36-28(26)19-7-9-20(31-3)10-8-19/h5-15,23H,16-17H2,1-4H3. The zero-order valence-electron chi connectivity index (χ0n) is 20.7. The number of thiophene rings is 1. The molecule has 1 fully saturated rings. The van der Waals surface area contributed by atoms with E-state index in [1.807, 2.05) is 68.4 Å². The van der Waals surface area contributed by atoms with Crippen LogP contribution in [0.4, 0.5) is 0 Å². The topological polar surface area (TPSA) is 63.2 Å². The lowest BCUT2D eigenvalue weighted by atomic mass is 9.97. The highest BCUT2D eigenvalue weighted by atomic mass is 32.1. The minimum Gasteiger partial charge on any atom is -0.497 e. The van der Waals surface area contributed by atoms with Gasteiger partial charge in [0.15, 0.2) is 11.6 Å². The molecule has 186 valence electrons. The highest BCUT2D eigenvalue weighted by Gasteiger charge is 2.33. The van der Waals surface area contributed by atoms with Gasteiger partial charge in [-0.15, -0.1) is 11.3 Å². The number of hydrogen-bond acceptors (Lipinski definition) is 7. The molecule has 7 heteroatoms. The molecule has 4 aromatic rings. The van der Waals surface area contributed by atoms with Crippen LogP contribution in [0.25, 0.3) is 20.5 Å². The molecule has 0 radical (unpaired) electrons. The fourth-order valence-electron chi connectivity index (χ4n) is 4.26. The van der Waals surface area contributed by atoms with Crippen LogP contribution in [0, 0.1) is 0 Å². The van der Waals surface area contributed by atoms with E-state index >= 15 is 0 Å². The number of carbonyl (C=O) groups excluding carboxylic acids is 1. The number of methoxy groups -OCH3 is 2. The summed E-state index contributed by atoms with van der Waals surface area (Å²) in [4.78, 5) is 14.7. The van der Waals surface area contributed by atoms with E-state index in [0.717, 1.165) is 32.0 Å². The Morgan fingerprint density at radius 1 is 0.944 bits per heavy atom. The van der Waals surface area contributed by atoms with Gasteiger partial charge in [0.1, 0.15) is 30.0 Å². The van der Waals surface area contributed by atoms with Crippen LogP contribution in [0.15, 0.2) is 66.7 Å². The van der Waals surface area contributed by atoms with Gasteiger partial charge in [0.2, 0.25) is 0 Å². The van der Waals surface area contributed by atoms with Gasteiger partial charge in [0, 0.05) is 26.1 Å². The van der Waals surface area contributed by atoms with Crippen molar-refractivity contribution in [1.29, 1.82) is 0 Å². The summed E-state index contributed by atoms with van der Waals surface area (Å²) in [5, 5.41) is 0.901. The van der Waals surface area contributed by atoms with Crippen LogP contribution in [0.5, 0.6) is 17.2 Å². The van der Waals surface area contributed by atoms with Crippen LogP contribution in [0.2, 0.25) is 0 Å². The molecule has 6 nitrogen and oxygen atoms in total. The Morgan fingerprint density at radius 3 is 2.25 bits per heavy atom. The molecule has 1 aliphatic heterocycles. The third kappa shape index (κ3) is 4.95. The lowest BCUT2D eigenvalue weighted by Crippen LogP contribution is -2.25. The van der Waals surface area contributed by atoms with E-state index in [1.165, 1.54) is 0 Å². The van der Waals surface area contributed by atoms with Crippen molar-refractivity contribution >= 4 is 27.2 Å². The van der Waals surface area contributed by atoms with E-state index < -0.39 is 5.79 Å². The summed E-state index contributed by atoms with van der Waals surface area (Å²) < 4.78 is 29.0. The van der Waals surface area contributed by atoms with E-state index in [2.05, 4.69) is 0 Å². The average Bonchev–Trinajstić information content (AvgIpc) is 3.46. The zero-order chi connectivity index (χ0) is 25.3. The molecule has 0 saturated carbocycles. The summed E-state index contributed by atoms with van der Waals surface area (Å²) in [6.07, 6.45) is -0.123. The van der Waals surface area contributed by atoms with Gasteiger partial charge in [-0.3, -0.25) is 4.79 Å². The number of fused-ring (bicyclic) bond motifs is 1. The van der Waals surface area contributed by atoms with Crippen molar-refractivity contribution in [2.45, 2.75) is 25.7 Å². The molecular formula is C29H28O6S. The highest BCUT2D eigenvalue weighted by Crippen LogP contribution is 2.41. The molecule has 0 N–H and O–H groups in total. The third-order valence-electron chi connectivity index (χ3n) is 6.10. The maximum Gasteiger partial charge on any atom is 0.195 e. The molecule has 1 saturated heterocycles. The number of carbonyl (C=O) groups is 1. The van der Waals surface area contributed by atoms with Gasteiger partial charge in [-0.25, -0.2) is 0 Å². The van der Waals surface area contributed by atoms with E-state index in [9.17, 15) is 4.79 Å². The molecule has 1 aromatic heterocycles. The SMILES string of the molecule is COc1ccc(-c2sc3cc(OC)ccc3c2C(=O)c2ccc(OCC3COC(C)(C)O3)cc2)cc1. The van der Waals surface area contributed by atoms with Gasteiger partial charge in [0.25, 0.3) is 0 Å². The quantitative estimate of drug-likeness (QED) is 0.261. The second kappa shape index (κ2) is 9.93. The lowest BCUT2D eigenvalue weighted by Gasteiger charge is -2.17. The predicted molar refractivity (Wildman–Crippen MR) is 141 cm³/mol. The molecule has 1 aliphatic rings. The maximum atomic E-state index is 13.8. The molecular weight excluding hydrogens is 476 g/mol. The van der Waals surface area contributed by atoms with Crippen LogP contribution >= 0.6 is 11.3 Å². The predicted octanol–water partition coefficient (Wildman–Crippen LogP) is 6.35. The smallest absolute Gasteiger partial charge is 0.195 e. The number of hydrogen-bond donors (Lipinski definition) is 0. The molecule has 0 aliphatic carbocycles. The molecule has 36 heavy (non-hydrogen) atoms. The van der Waals surface area contributed by atoms with Gasteiger partial charge in [-0.1, -0.05) is 0 Å². The Kier molecular flexibility index (Phi) is 6.71. The number of ether oxygens (including phenoxy) is 5. The molecule has 0 amide bonds. The first-order valence-corrected chi connectivity index (χ1v) is 12.5. The van der Waals surface area contributed by atoms with E-state index in [-0.39, 0.29) is 11.9 Å². The largest absolute Gasteiger partial charge is 0.497 e. The van der Waals surface area contributed by atoms with Crippen molar-refractivity contribution in [2.24, 2.45) is 0 Å². The normalized spacial score (nSPS) is 16.7. The summed E-state index contributed by atoms with van der Waals surface area (Å²) in [5.41, 5.74) is 2.23. The van der Waals surface area contributed by atoms with Gasteiger partial charge < -0.3 is 23.7 Å². The third-order valence-corrected chi connectivity index (χ3v) is 7.30. The molecule has 1 atom stereocenters. The number of rotatable bonds is 8. The molecule has 3 aromatic carbocycles. The summed E-state index contributed by atoms with van der Waals surface area (Å²) >= 11 is 1.58. The molecule has 0 spiro atoms. The van der Waals surface area contributed by atoms with Crippen LogP contribution in [-0.4, -0.2) is 45.1 Å². The van der Waals surface area contributed by atoms with Gasteiger partial charge in [-0.05, 0) is 86.1 Å². The van der Waals surface area contributed by atoms with Gasteiger partial charge in [0.05, 0.1) is 20.8 Å². The summed E-state index contributed by atoms with van der Waals surface area (Å²) in [5.74, 6) is 1.57. The Labute approximate surface area is 214 Å². The minimum atomic E-state index is -0.584. The van der Waals surface area contributed by atoms with Crippen molar-refractivity contribution in [3.05, 3.63) is 77.9 Å². The Bertz CT molecular complexity index is 1370. The average molecular weight is 505 g/mol. The van der Waals surface area contributed by atoms with Crippen LogP contribution in [0.3, 0.4) is 0 Å². The molecule has 2 heterocycles. The van der Waals surface area contributed by atoms with Crippen LogP contribution in [0.1, 0.15) is 29.8 Å². The summed E-state index contributed by atoms with van der Waals surface area (Å²) in [7, 11) is 3.28. The van der Waals surface area contributed by atoms with Crippen LogP contribution < -0.4 is 14.2 Å². The number of benzene rings is 3. The second-order valence-electron chi connectivity index (χ2n) is 9.01. The first kappa shape index (κ1) is 24.3. The minimum absolute atomic E-state index is 0.0435. The van der Waals surface area contributed by atoms with Crippen LogP contribution in [-0.2, 0) is 9.47 Å². The second-order valence-corrected chi connectivity index (χ2v) is 10.1. The van der Waals surface area contributed by atoms with Gasteiger partial charge >= 0.3 is 0 Å². The van der Waals surface area contributed by atoms with Gasteiger partial charge in [-0.2, -0.15) is 0 Å². The fourth-order valence-corrected chi connectivity index (χ4v) is 5.49. The van der Waals surface area contributed by atoms with Crippen molar-refractivity contribution in [3.63, 3.8) is 0 Å². The first-order chi connectivity index (χ1) is 17.4. The monoisotopic (exact) mass is 504 g/mol. The van der Waals surface area contributed by atoms with E-state index in [4.69, 9.17) is 23.7 Å². The van der Waals surface area contributed by atoms with Crippen molar-refractivity contribution in [1.82, 2.24) is 0 Å². The Morgan fingerprint density at radius 2 is 1.61 bits per heavy atom. The zero-order valence-corrected chi connectivity index (χ0v) is 21.5.